The number of carboxylic acid groups (broad SMARTS) is 1. The number of nitrogens with one attached hydrogen (secondary N) is 1. The van der Waals surface area contributed by atoms with Gasteiger partial charge in [0.25, 0.3) is 0 Å². The maximum atomic E-state index is 12.0. The van der Waals surface area contributed by atoms with E-state index in [0.29, 0.717) is 19.0 Å². The van der Waals surface area contributed by atoms with Gasteiger partial charge in [0.15, 0.2) is 5.69 Å². The van der Waals surface area contributed by atoms with Crippen LogP contribution in [-0.4, -0.2) is 40.1 Å². The van der Waals surface area contributed by atoms with Crippen LogP contribution in [0.5, 0.6) is 0 Å². The zero-order chi connectivity index (χ0) is 14.4. The van der Waals surface area contributed by atoms with Crippen LogP contribution in [0.15, 0.2) is 18.3 Å². The Balaban J connectivity index is 2.84. The summed E-state index contributed by atoms with van der Waals surface area (Å²) in [7, 11) is 0. The number of carboxylic acids is 1. The molecular weight excluding hydrogens is 246 g/mol. The molecule has 2 N–H and O–H groups in total. The molecule has 0 radical (unpaired) electrons. The fraction of sp³-hybridized carbons (Fsp3) is 0.462. The monoisotopic (exact) mass is 265 g/mol. The Morgan fingerprint density at radius 3 is 2.68 bits per heavy atom. The number of carbonyl (C=O) groups excluding carboxylic acids is 1. The second-order valence-electron chi connectivity index (χ2n) is 4.57. The van der Waals surface area contributed by atoms with Gasteiger partial charge in [-0.05, 0) is 25.0 Å². The van der Waals surface area contributed by atoms with Crippen molar-refractivity contribution in [2.24, 2.45) is 5.92 Å². The van der Waals surface area contributed by atoms with Gasteiger partial charge in [0.2, 0.25) is 0 Å². The van der Waals surface area contributed by atoms with Crippen molar-refractivity contribution >= 4 is 17.7 Å². The van der Waals surface area contributed by atoms with Gasteiger partial charge in [-0.3, -0.25) is 0 Å². The summed E-state index contributed by atoms with van der Waals surface area (Å²) in [5, 5.41) is 11.6. The van der Waals surface area contributed by atoms with Gasteiger partial charge in [-0.1, -0.05) is 13.8 Å². The second-order valence-corrected chi connectivity index (χ2v) is 4.57. The summed E-state index contributed by atoms with van der Waals surface area (Å²) in [6.07, 6.45) is 1.38. The molecular formula is C13H19N3O3. The molecule has 0 fully saturated rings. The lowest BCUT2D eigenvalue weighted by Gasteiger charge is -2.23. The van der Waals surface area contributed by atoms with Crippen molar-refractivity contribution in [3.05, 3.63) is 24.0 Å². The van der Waals surface area contributed by atoms with E-state index in [0.717, 1.165) is 0 Å². The highest BCUT2D eigenvalue weighted by molar-refractivity contribution is 5.98. The van der Waals surface area contributed by atoms with E-state index < -0.39 is 5.97 Å². The average Bonchev–Trinajstić information content (AvgIpc) is 2.35. The van der Waals surface area contributed by atoms with Gasteiger partial charge in [0.05, 0.1) is 5.69 Å². The third-order valence-electron chi connectivity index (χ3n) is 2.51. The summed E-state index contributed by atoms with van der Waals surface area (Å²) in [5.41, 5.74) is 0.0543. The van der Waals surface area contributed by atoms with Crippen molar-refractivity contribution in [2.45, 2.75) is 20.8 Å². The number of urea groups is 1. The predicted octanol–water partition coefficient (Wildman–Crippen LogP) is 2.29. The minimum absolute atomic E-state index is 0.156. The normalized spacial score (nSPS) is 10.3. The Bertz CT molecular complexity index is 460. The third-order valence-corrected chi connectivity index (χ3v) is 2.51. The molecule has 0 aliphatic carbocycles. The molecule has 1 heterocycles. The molecule has 0 aliphatic heterocycles. The first-order valence-electron chi connectivity index (χ1n) is 6.20. The van der Waals surface area contributed by atoms with Gasteiger partial charge in [0.1, 0.15) is 0 Å². The molecule has 0 atom stereocenters. The minimum Gasteiger partial charge on any atom is -0.476 e. The van der Waals surface area contributed by atoms with Crippen molar-refractivity contribution in [3.8, 4) is 0 Å². The highest BCUT2D eigenvalue weighted by Crippen LogP contribution is 2.13. The van der Waals surface area contributed by atoms with Gasteiger partial charge in [-0.2, -0.15) is 0 Å². The van der Waals surface area contributed by atoms with Crippen LogP contribution in [0.4, 0.5) is 10.5 Å². The standard InChI is InChI=1S/C13H19N3O3/c1-4-16(8-9(2)3)13(19)15-10-6-5-7-14-11(10)12(17)18/h5-7,9H,4,8H2,1-3H3,(H,15,19)(H,17,18). The van der Waals surface area contributed by atoms with E-state index in [1.807, 2.05) is 20.8 Å². The van der Waals surface area contributed by atoms with Crippen molar-refractivity contribution in [1.82, 2.24) is 9.88 Å². The molecule has 0 spiro atoms. The average molecular weight is 265 g/mol. The van der Waals surface area contributed by atoms with E-state index in [1.54, 1.807) is 11.0 Å². The number of carbonyl (C=O) groups is 2. The highest BCUT2D eigenvalue weighted by Gasteiger charge is 2.17. The summed E-state index contributed by atoms with van der Waals surface area (Å²) in [4.78, 5) is 28.4. The fourth-order valence-electron chi connectivity index (χ4n) is 1.67. The Morgan fingerprint density at radius 2 is 2.16 bits per heavy atom. The number of aromatic carboxylic acids is 1. The topological polar surface area (TPSA) is 82.5 Å². The number of hydrogen-bond acceptors (Lipinski definition) is 3. The lowest BCUT2D eigenvalue weighted by molar-refractivity contribution is 0.0691. The maximum absolute atomic E-state index is 12.0. The third kappa shape index (κ3) is 4.24. The molecule has 6 nitrogen and oxygen atoms in total. The van der Waals surface area contributed by atoms with Crippen molar-refractivity contribution in [3.63, 3.8) is 0 Å². The summed E-state index contributed by atoms with van der Waals surface area (Å²) in [6, 6.07) is 2.80. The van der Waals surface area contributed by atoms with Crippen LogP contribution < -0.4 is 5.32 Å². The Labute approximate surface area is 112 Å². The summed E-state index contributed by atoms with van der Waals surface area (Å²) in [5.74, 6) is -0.818. The number of pyridine rings is 1. The molecule has 0 unspecified atom stereocenters. The van der Waals surface area contributed by atoms with Crippen molar-refractivity contribution in [1.29, 1.82) is 0 Å². The Morgan fingerprint density at radius 1 is 1.47 bits per heavy atom. The van der Waals surface area contributed by atoms with Gasteiger partial charge in [0, 0.05) is 19.3 Å². The van der Waals surface area contributed by atoms with E-state index in [1.165, 1.54) is 12.3 Å². The zero-order valence-corrected chi connectivity index (χ0v) is 11.4. The van der Waals surface area contributed by atoms with Crippen molar-refractivity contribution < 1.29 is 14.7 Å². The summed E-state index contributed by atoms with van der Waals surface area (Å²) in [6.45, 7) is 7.09. The zero-order valence-electron chi connectivity index (χ0n) is 11.4. The first kappa shape index (κ1) is 14.9. The van der Waals surface area contributed by atoms with Crippen LogP contribution in [0.1, 0.15) is 31.3 Å². The van der Waals surface area contributed by atoms with Gasteiger partial charge >= 0.3 is 12.0 Å². The Hall–Kier alpha value is -2.11. The highest BCUT2D eigenvalue weighted by atomic mass is 16.4. The van der Waals surface area contributed by atoms with Crippen molar-refractivity contribution in [2.75, 3.05) is 18.4 Å². The van der Waals surface area contributed by atoms with Gasteiger partial charge < -0.3 is 15.3 Å². The van der Waals surface area contributed by atoms with Crippen LogP contribution in [-0.2, 0) is 0 Å². The number of amides is 2. The molecule has 2 amide bonds. The number of aromatic nitrogens is 1. The van der Waals surface area contributed by atoms with Crippen LogP contribution in [0.2, 0.25) is 0 Å². The molecule has 0 saturated carbocycles. The van der Waals surface area contributed by atoms with Crippen LogP contribution in [0.3, 0.4) is 0 Å². The molecule has 104 valence electrons. The fourth-order valence-corrected chi connectivity index (χ4v) is 1.67. The number of anilines is 1. The largest absolute Gasteiger partial charge is 0.476 e. The molecule has 0 aliphatic rings. The number of nitrogens with zero attached hydrogens (tertiary/aromatic N) is 2. The Kier molecular flexibility index (Phi) is 5.29. The van der Waals surface area contributed by atoms with Gasteiger partial charge in [-0.25, -0.2) is 14.6 Å². The predicted molar refractivity (Wildman–Crippen MR) is 72.3 cm³/mol. The SMILES string of the molecule is CCN(CC(C)C)C(=O)Nc1cccnc1C(=O)O. The van der Waals surface area contributed by atoms with Gasteiger partial charge in [-0.15, -0.1) is 0 Å². The van der Waals surface area contributed by atoms with Crippen LogP contribution in [0, 0.1) is 5.92 Å². The number of hydrogen-bond donors (Lipinski definition) is 2. The second kappa shape index (κ2) is 6.72. The lowest BCUT2D eigenvalue weighted by atomic mass is 10.2. The summed E-state index contributed by atoms with van der Waals surface area (Å²) >= 11 is 0. The van der Waals surface area contributed by atoms with E-state index in [-0.39, 0.29) is 17.4 Å². The quantitative estimate of drug-likeness (QED) is 0.855. The van der Waals surface area contributed by atoms with Crippen LogP contribution in [0.25, 0.3) is 0 Å². The maximum Gasteiger partial charge on any atom is 0.356 e. The smallest absolute Gasteiger partial charge is 0.356 e. The molecule has 19 heavy (non-hydrogen) atoms. The molecule has 1 aromatic heterocycles. The van der Waals surface area contributed by atoms with E-state index >= 15 is 0 Å². The first-order valence-corrected chi connectivity index (χ1v) is 6.20. The molecule has 0 bridgehead atoms. The molecule has 0 saturated heterocycles. The van der Waals surface area contributed by atoms with Crippen LogP contribution >= 0.6 is 0 Å². The molecule has 6 heteroatoms. The first-order chi connectivity index (χ1) is 8.95. The minimum atomic E-state index is -1.16. The molecule has 0 aromatic carbocycles. The van der Waals surface area contributed by atoms with E-state index in [9.17, 15) is 9.59 Å². The van der Waals surface area contributed by atoms with E-state index in [4.69, 9.17) is 5.11 Å². The molecule has 1 aromatic rings. The number of rotatable bonds is 5. The lowest BCUT2D eigenvalue weighted by Crippen LogP contribution is -2.37. The molecule has 1 rings (SSSR count). The van der Waals surface area contributed by atoms with E-state index in [2.05, 4.69) is 10.3 Å². The summed E-state index contributed by atoms with van der Waals surface area (Å²) < 4.78 is 0.